The number of rotatable bonds is 2. The smallest absolute Gasteiger partial charge is 0.130 e. The Labute approximate surface area is 126 Å². The van der Waals surface area contributed by atoms with Crippen molar-refractivity contribution in [3.63, 3.8) is 0 Å². The molecular weight excluding hydrogens is 281 g/mol. The Balaban J connectivity index is 1.91. The molecule has 2 aromatic carbocycles. The van der Waals surface area contributed by atoms with E-state index in [1.807, 2.05) is 36.4 Å². The maximum atomic E-state index is 13.6. The van der Waals surface area contributed by atoms with E-state index >= 15 is 0 Å². The highest BCUT2D eigenvalue weighted by Gasteiger charge is 2.33. The third-order valence-corrected chi connectivity index (χ3v) is 4.10. The molecule has 0 fully saturated rings. The highest BCUT2D eigenvalue weighted by atomic mass is 19.1. The summed E-state index contributed by atoms with van der Waals surface area (Å²) in [4.78, 5) is 11.0. The van der Waals surface area contributed by atoms with Crippen LogP contribution in [-0.2, 0) is 0 Å². The fourth-order valence-electron chi connectivity index (χ4n) is 3.10. The largest absolute Gasteiger partial charge is 0.460 e. The highest BCUT2D eigenvalue weighted by Crippen LogP contribution is 2.48. The number of nitroso groups, excluding NO2 is 1. The molecule has 0 bridgehead atoms. The topological polar surface area (TPSA) is 38.7 Å². The normalized spacial score (nSPS) is 18.7. The molecule has 22 heavy (non-hydrogen) atoms. The van der Waals surface area contributed by atoms with Crippen molar-refractivity contribution in [1.29, 1.82) is 0 Å². The van der Waals surface area contributed by atoms with Crippen molar-refractivity contribution in [2.45, 2.75) is 12.3 Å². The molecule has 1 aliphatic heterocycles. The molecule has 0 spiro atoms. The Morgan fingerprint density at radius 3 is 2.91 bits per heavy atom. The summed E-state index contributed by atoms with van der Waals surface area (Å²) in [6.45, 7) is 0. The molecule has 0 amide bonds. The molecule has 1 heterocycles. The number of hydrogen-bond acceptors (Lipinski definition) is 3. The summed E-state index contributed by atoms with van der Waals surface area (Å²) in [6.07, 6.45) is 4.73. The lowest BCUT2D eigenvalue weighted by Gasteiger charge is -2.18. The minimum atomic E-state index is -0.401. The van der Waals surface area contributed by atoms with Crippen molar-refractivity contribution in [3.8, 4) is 5.75 Å². The van der Waals surface area contributed by atoms with E-state index in [4.69, 9.17) is 4.74 Å². The van der Waals surface area contributed by atoms with Gasteiger partial charge in [0.2, 0.25) is 0 Å². The fourth-order valence-corrected chi connectivity index (χ4v) is 3.10. The van der Waals surface area contributed by atoms with Crippen LogP contribution in [0.15, 0.2) is 65.6 Å². The van der Waals surface area contributed by atoms with Crippen LogP contribution in [-0.4, -0.2) is 0 Å². The molecule has 1 aliphatic carbocycles. The Kier molecular flexibility index (Phi) is 2.89. The van der Waals surface area contributed by atoms with Crippen LogP contribution in [0.25, 0.3) is 5.57 Å². The molecule has 1 unspecified atom stereocenters. The van der Waals surface area contributed by atoms with Gasteiger partial charge in [0, 0.05) is 22.6 Å². The fraction of sp³-hybridized carbons (Fsp3) is 0.111. The molecule has 108 valence electrons. The maximum absolute atomic E-state index is 13.6. The van der Waals surface area contributed by atoms with E-state index in [1.165, 1.54) is 18.2 Å². The number of fused-ring (bicyclic) bond motifs is 3. The molecule has 2 aliphatic rings. The zero-order valence-electron chi connectivity index (χ0n) is 11.6. The van der Waals surface area contributed by atoms with Crippen LogP contribution in [0.5, 0.6) is 5.75 Å². The Morgan fingerprint density at radius 2 is 2.05 bits per heavy atom. The van der Waals surface area contributed by atoms with Gasteiger partial charge < -0.3 is 4.74 Å². The monoisotopic (exact) mass is 293 g/mol. The molecule has 4 heteroatoms. The number of hydrogen-bond donors (Lipinski definition) is 0. The Bertz CT molecular complexity index is 839. The lowest BCUT2D eigenvalue weighted by Crippen LogP contribution is -2.05. The standard InChI is InChI=1S/C18H12FNO2/c19-11-8-9-16(20-21)15(10-11)14-6-3-5-13-12-4-1-2-7-17(12)22-18(13)14/h1-4,6-10,13H,5H2. The number of halogens is 1. The summed E-state index contributed by atoms with van der Waals surface area (Å²) >= 11 is 0. The predicted molar refractivity (Wildman–Crippen MR) is 82.3 cm³/mol. The number of nitrogens with zero attached hydrogens (tertiary/aromatic N) is 1. The quantitative estimate of drug-likeness (QED) is 0.725. The van der Waals surface area contributed by atoms with E-state index in [1.54, 1.807) is 0 Å². The van der Waals surface area contributed by atoms with Crippen molar-refractivity contribution < 1.29 is 9.13 Å². The lowest BCUT2D eigenvalue weighted by atomic mass is 9.86. The van der Waals surface area contributed by atoms with E-state index in [-0.39, 0.29) is 11.6 Å². The minimum Gasteiger partial charge on any atom is -0.460 e. The summed E-state index contributed by atoms with van der Waals surface area (Å²) in [7, 11) is 0. The van der Waals surface area contributed by atoms with Gasteiger partial charge in [-0.05, 0) is 35.9 Å². The molecule has 1 atom stereocenters. The molecule has 4 rings (SSSR count). The first kappa shape index (κ1) is 13.0. The number of para-hydroxylation sites is 1. The zero-order chi connectivity index (χ0) is 15.1. The van der Waals surface area contributed by atoms with Gasteiger partial charge in [-0.2, -0.15) is 0 Å². The second-order valence-corrected chi connectivity index (χ2v) is 5.36. The summed E-state index contributed by atoms with van der Waals surface area (Å²) < 4.78 is 19.6. The second kappa shape index (κ2) is 4.91. The van der Waals surface area contributed by atoms with Crippen molar-refractivity contribution in [1.82, 2.24) is 0 Å². The van der Waals surface area contributed by atoms with Crippen LogP contribution in [0, 0.1) is 10.7 Å². The molecular formula is C18H12FNO2. The van der Waals surface area contributed by atoms with Crippen LogP contribution < -0.4 is 4.74 Å². The van der Waals surface area contributed by atoms with E-state index in [0.29, 0.717) is 5.56 Å². The van der Waals surface area contributed by atoms with Crippen LogP contribution in [0.1, 0.15) is 23.5 Å². The van der Waals surface area contributed by atoms with Crippen LogP contribution >= 0.6 is 0 Å². The Morgan fingerprint density at radius 1 is 1.18 bits per heavy atom. The zero-order valence-corrected chi connectivity index (χ0v) is 11.6. The van der Waals surface area contributed by atoms with Gasteiger partial charge >= 0.3 is 0 Å². The summed E-state index contributed by atoms with van der Waals surface area (Å²) in [5.41, 5.74) is 2.53. The van der Waals surface area contributed by atoms with E-state index in [2.05, 4.69) is 5.18 Å². The van der Waals surface area contributed by atoms with Crippen LogP contribution in [0.4, 0.5) is 10.1 Å². The van der Waals surface area contributed by atoms with Crippen LogP contribution in [0.3, 0.4) is 0 Å². The number of ether oxygens (including phenoxy) is 1. The van der Waals surface area contributed by atoms with E-state index < -0.39 is 5.82 Å². The average molecular weight is 293 g/mol. The lowest BCUT2D eigenvalue weighted by molar-refractivity contribution is 0.429. The molecule has 2 aromatic rings. The van der Waals surface area contributed by atoms with Gasteiger partial charge in [0.1, 0.15) is 23.0 Å². The summed E-state index contributed by atoms with van der Waals surface area (Å²) in [6, 6.07) is 11.8. The van der Waals surface area contributed by atoms with Crippen molar-refractivity contribution in [3.05, 3.63) is 82.2 Å². The highest BCUT2D eigenvalue weighted by molar-refractivity contribution is 5.84. The van der Waals surface area contributed by atoms with E-state index in [9.17, 15) is 9.30 Å². The maximum Gasteiger partial charge on any atom is 0.130 e. The predicted octanol–water partition coefficient (Wildman–Crippen LogP) is 5.07. The molecule has 0 radical (unpaired) electrons. The van der Waals surface area contributed by atoms with E-state index in [0.717, 1.165) is 29.1 Å². The van der Waals surface area contributed by atoms with Gasteiger partial charge in [-0.3, -0.25) is 0 Å². The van der Waals surface area contributed by atoms with Gasteiger partial charge in [-0.1, -0.05) is 30.4 Å². The van der Waals surface area contributed by atoms with Gasteiger partial charge in [0.15, 0.2) is 0 Å². The second-order valence-electron chi connectivity index (χ2n) is 5.36. The van der Waals surface area contributed by atoms with Gasteiger partial charge in [0.05, 0.1) is 0 Å². The first-order valence-electron chi connectivity index (χ1n) is 7.08. The Hall–Kier alpha value is -2.75. The average Bonchev–Trinajstić information content (AvgIpc) is 2.93. The SMILES string of the molecule is O=Nc1ccc(F)cc1C1=C2Oc3ccccc3C2CC=C1. The first-order valence-corrected chi connectivity index (χ1v) is 7.08. The van der Waals surface area contributed by atoms with Crippen molar-refractivity contribution in [2.75, 3.05) is 0 Å². The molecule has 0 aromatic heterocycles. The van der Waals surface area contributed by atoms with Gasteiger partial charge in [-0.15, -0.1) is 4.91 Å². The third kappa shape index (κ3) is 1.88. The van der Waals surface area contributed by atoms with Gasteiger partial charge in [0.25, 0.3) is 0 Å². The number of allylic oxidation sites excluding steroid dienone is 4. The molecule has 0 saturated carbocycles. The summed E-state index contributed by atoms with van der Waals surface area (Å²) in [5, 5.41) is 3.01. The number of benzene rings is 2. The summed E-state index contributed by atoms with van der Waals surface area (Å²) in [5.74, 6) is 1.29. The van der Waals surface area contributed by atoms with Crippen molar-refractivity contribution in [2.24, 2.45) is 5.18 Å². The molecule has 0 N–H and O–H groups in total. The third-order valence-electron chi connectivity index (χ3n) is 4.10. The van der Waals surface area contributed by atoms with Crippen LogP contribution in [0.2, 0.25) is 0 Å². The minimum absolute atomic E-state index is 0.110. The first-order chi connectivity index (χ1) is 10.8. The molecule has 3 nitrogen and oxygen atoms in total. The van der Waals surface area contributed by atoms with Crippen molar-refractivity contribution >= 4 is 11.3 Å². The van der Waals surface area contributed by atoms with Gasteiger partial charge in [-0.25, -0.2) is 4.39 Å². The molecule has 0 saturated heterocycles.